The van der Waals surface area contributed by atoms with Crippen LogP contribution in [0, 0.1) is 12.8 Å². The smallest absolute Gasteiger partial charge is 0.284 e. The first-order valence-electron chi connectivity index (χ1n) is 5.73. The maximum absolute atomic E-state index is 12.2. The van der Waals surface area contributed by atoms with E-state index in [9.17, 15) is 9.59 Å². The van der Waals surface area contributed by atoms with E-state index in [-0.39, 0.29) is 11.2 Å². The Balaban J connectivity index is 2.97. The van der Waals surface area contributed by atoms with Crippen molar-refractivity contribution >= 4 is 37.5 Å². The molecule has 2 rings (SSSR count). The van der Waals surface area contributed by atoms with E-state index in [0.29, 0.717) is 17.8 Å². The van der Waals surface area contributed by atoms with Crippen molar-refractivity contribution in [2.75, 3.05) is 0 Å². The summed E-state index contributed by atoms with van der Waals surface area (Å²) in [6.45, 7) is 6.67. The summed E-state index contributed by atoms with van der Waals surface area (Å²) in [7, 11) is 1.53. The first-order valence-corrected chi connectivity index (χ1v) is 7.34. The third-order valence-corrected chi connectivity index (χ3v) is 5.20. The Morgan fingerprint density at radius 3 is 2.50 bits per heavy atom. The van der Waals surface area contributed by atoms with Gasteiger partial charge in [-0.1, -0.05) is 13.8 Å². The van der Waals surface area contributed by atoms with Crippen molar-refractivity contribution < 1.29 is 0 Å². The fourth-order valence-electron chi connectivity index (χ4n) is 1.93. The monoisotopic (exact) mass is 330 g/mol. The third kappa shape index (κ3) is 1.97. The van der Waals surface area contributed by atoms with Crippen LogP contribution in [0.4, 0.5) is 0 Å². The van der Waals surface area contributed by atoms with Gasteiger partial charge in [0.1, 0.15) is 4.83 Å². The second kappa shape index (κ2) is 4.66. The topological polar surface area (TPSA) is 44.0 Å². The van der Waals surface area contributed by atoms with Crippen LogP contribution in [0.2, 0.25) is 0 Å². The van der Waals surface area contributed by atoms with Gasteiger partial charge in [-0.15, -0.1) is 11.3 Å². The molecule has 0 unspecified atom stereocenters. The lowest BCUT2D eigenvalue weighted by molar-refractivity contribution is 0.504. The molecule has 0 amide bonds. The van der Waals surface area contributed by atoms with Crippen LogP contribution >= 0.6 is 27.3 Å². The van der Waals surface area contributed by atoms with Crippen LogP contribution in [0.25, 0.3) is 10.2 Å². The van der Waals surface area contributed by atoms with Gasteiger partial charge in [0.25, 0.3) is 5.56 Å². The number of thiophene rings is 1. The molecule has 0 aliphatic heterocycles. The lowest BCUT2D eigenvalue weighted by atomic mass is 10.2. The van der Waals surface area contributed by atoms with Crippen LogP contribution in [0.15, 0.2) is 14.1 Å². The summed E-state index contributed by atoms with van der Waals surface area (Å²) in [5.74, 6) is 0.351. The average molecular weight is 331 g/mol. The van der Waals surface area contributed by atoms with E-state index in [1.165, 1.54) is 23.0 Å². The van der Waals surface area contributed by atoms with Gasteiger partial charge in [0.2, 0.25) is 0 Å². The summed E-state index contributed by atoms with van der Waals surface area (Å²) in [6.07, 6.45) is 0. The molecule has 2 heterocycles. The molecular formula is C12H15BrN2O2S. The van der Waals surface area contributed by atoms with Gasteiger partial charge in [0.05, 0.1) is 5.39 Å². The normalized spacial score (nSPS) is 11.7. The Hall–Kier alpha value is -0.880. The molecule has 2 aromatic rings. The summed E-state index contributed by atoms with van der Waals surface area (Å²) in [4.78, 5) is 26.1. The number of aromatic nitrogens is 2. The van der Waals surface area contributed by atoms with Gasteiger partial charge in [-0.2, -0.15) is 0 Å². The molecule has 98 valence electrons. The molecule has 0 aliphatic rings. The van der Waals surface area contributed by atoms with E-state index in [4.69, 9.17) is 0 Å². The molecule has 2 aromatic heterocycles. The fourth-order valence-corrected chi connectivity index (χ4v) is 3.70. The Kier molecular flexibility index (Phi) is 3.51. The second-order valence-corrected chi connectivity index (χ2v) is 6.80. The van der Waals surface area contributed by atoms with Gasteiger partial charge in [0.15, 0.2) is 0 Å². The molecule has 0 fully saturated rings. The minimum atomic E-state index is -0.241. The minimum absolute atomic E-state index is 0.230. The molecule has 0 saturated carbocycles. The molecule has 0 atom stereocenters. The number of hydrogen-bond acceptors (Lipinski definition) is 3. The molecule has 0 bridgehead atoms. The molecule has 4 nitrogen and oxygen atoms in total. The SMILES string of the molecule is Cc1sc2c(c1Br)c(=O)n(C)c(=O)n2CC(C)C. The predicted octanol–water partition coefficient (Wildman–Crippen LogP) is 2.49. The van der Waals surface area contributed by atoms with Crippen LogP contribution in [0.5, 0.6) is 0 Å². The molecule has 18 heavy (non-hydrogen) atoms. The zero-order chi connectivity index (χ0) is 13.6. The Morgan fingerprint density at radius 1 is 1.33 bits per heavy atom. The highest BCUT2D eigenvalue weighted by molar-refractivity contribution is 9.10. The summed E-state index contributed by atoms with van der Waals surface area (Å²) >= 11 is 4.93. The molecule has 6 heteroatoms. The Bertz CT molecular complexity index is 724. The van der Waals surface area contributed by atoms with Crippen LogP contribution in [-0.4, -0.2) is 9.13 Å². The molecular weight excluding hydrogens is 316 g/mol. The maximum atomic E-state index is 12.2. The molecule has 0 spiro atoms. The van der Waals surface area contributed by atoms with Gasteiger partial charge in [-0.3, -0.25) is 13.9 Å². The van der Waals surface area contributed by atoms with Crippen molar-refractivity contribution in [3.05, 3.63) is 30.2 Å². The number of rotatable bonds is 2. The fraction of sp³-hybridized carbons (Fsp3) is 0.500. The maximum Gasteiger partial charge on any atom is 0.331 e. The van der Waals surface area contributed by atoms with Gasteiger partial charge in [-0.05, 0) is 28.8 Å². The van der Waals surface area contributed by atoms with Crippen molar-refractivity contribution in [1.29, 1.82) is 0 Å². The first kappa shape index (κ1) is 13.5. The lowest BCUT2D eigenvalue weighted by Crippen LogP contribution is -2.38. The van der Waals surface area contributed by atoms with Gasteiger partial charge < -0.3 is 0 Å². The molecule has 0 aromatic carbocycles. The number of hydrogen-bond donors (Lipinski definition) is 0. The number of nitrogens with zero attached hydrogens (tertiary/aromatic N) is 2. The predicted molar refractivity (Wildman–Crippen MR) is 78.6 cm³/mol. The number of fused-ring (bicyclic) bond motifs is 1. The van der Waals surface area contributed by atoms with E-state index >= 15 is 0 Å². The lowest BCUT2D eigenvalue weighted by Gasteiger charge is -2.11. The summed E-state index contributed by atoms with van der Waals surface area (Å²) < 4.78 is 3.69. The van der Waals surface area contributed by atoms with E-state index in [1.54, 1.807) is 4.57 Å². The highest BCUT2D eigenvalue weighted by Crippen LogP contribution is 2.32. The number of halogens is 1. The van der Waals surface area contributed by atoms with Crippen molar-refractivity contribution in [3.8, 4) is 0 Å². The van der Waals surface area contributed by atoms with Crippen molar-refractivity contribution in [2.45, 2.75) is 27.3 Å². The van der Waals surface area contributed by atoms with Crippen molar-refractivity contribution in [1.82, 2.24) is 9.13 Å². The highest BCUT2D eigenvalue weighted by atomic mass is 79.9. The van der Waals surface area contributed by atoms with E-state index in [1.807, 2.05) is 6.92 Å². The van der Waals surface area contributed by atoms with Gasteiger partial charge in [-0.25, -0.2) is 4.79 Å². The zero-order valence-corrected chi connectivity index (χ0v) is 13.2. The largest absolute Gasteiger partial charge is 0.331 e. The van der Waals surface area contributed by atoms with Crippen molar-refractivity contribution in [3.63, 3.8) is 0 Å². The summed E-state index contributed by atoms with van der Waals surface area (Å²) in [5, 5.41) is 0.611. The van der Waals surface area contributed by atoms with Gasteiger partial charge >= 0.3 is 5.69 Å². The zero-order valence-electron chi connectivity index (χ0n) is 10.8. The Labute approximate surface area is 117 Å². The van der Waals surface area contributed by atoms with Gasteiger partial charge in [0, 0.05) is 22.9 Å². The van der Waals surface area contributed by atoms with E-state index in [2.05, 4.69) is 29.8 Å². The molecule has 0 N–H and O–H groups in total. The quantitative estimate of drug-likeness (QED) is 0.849. The molecule has 0 aliphatic carbocycles. The molecule has 0 saturated heterocycles. The minimum Gasteiger partial charge on any atom is -0.284 e. The van der Waals surface area contributed by atoms with Crippen LogP contribution in [-0.2, 0) is 13.6 Å². The highest BCUT2D eigenvalue weighted by Gasteiger charge is 2.18. The summed E-state index contributed by atoms with van der Waals surface area (Å²) in [6, 6.07) is 0. The standard InChI is InChI=1S/C12H15BrN2O2S/c1-6(2)5-15-11-8(9(13)7(3)18-11)10(16)14(4)12(15)17/h6H,5H2,1-4H3. The first-order chi connectivity index (χ1) is 8.34. The van der Waals surface area contributed by atoms with Crippen LogP contribution in [0.1, 0.15) is 18.7 Å². The summed E-state index contributed by atoms with van der Waals surface area (Å²) in [5.41, 5.74) is -0.471. The van der Waals surface area contributed by atoms with E-state index in [0.717, 1.165) is 14.2 Å². The second-order valence-electron chi connectivity index (χ2n) is 4.80. The Morgan fingerprint density at radius 2 is 1.94 bits per heavy atom. The van der Waals surface area contributed by atoms with Crippen LogP contribution < -0.4 is 11.2 Å². The van der Waals surface area contributed by atoms with Crippen molar-refractivity contribution in [2.24, 2.45) is 13.0 Å². The molecule has 0 radical (unpaired) electrons. The van der Waals surface area contributed by atoms with Crippen LogP contribution in [0.3, 0.4) is 0 Å². The van der Waals surface area contributed by atoms with E-state index < -0.39 is 0 Å². The third-order valence-electron chi connectivity index (χ3n) is 2.82. The average Bonchev–Trinajstić information content (AvgIpc) is 2.58. The number of aryl methyl sites for hydroxylation is 1.